The molecule has 1 amide bonds. The molecule has 0 aliphatic carbocycles. The molecule has 1 heterocycles. The Bertz CT molecular complexity index is 1380. The predicted molar refractivity (Wildman–Crippen MR) is 152 cm³/mol. The van der Waals surface area contributed by atoms with Gasteiger partial charge in [-0.1, -0.05) is 12.1 Å². The third kappa shape index (κ3) is 7.21. The fourth-order valence-electron chi connectivity index (χ4n) is 4.68. The Hall–Kier alpha value is -3.76. The summed E-state index contributed by atoms with van der Waals surface area (Å²) >= 11 is 0. The molecule has 0 saturated carbocycles. The fraction of sp³-hybridized carbons (Fsp3) is 0.345. The second kappa shape index (κ2) is 12.4. The minimum atomic E-state index is -3.60. The number of benzene rings is 3. The molecular weight excluding hydrogens is 518 g/mol. The van der Waals surface area contributed by atoms with Crippen molar-refractivity contribution in [2.75, 3.05) is 58.2 Å². The summed E-state index contributed by atoms with van der Waals surface area (Å²) in [6.07, 6.45) is 0.958. The van der Waals surface area contributed by atoms with Gasteiger partial charge in [-0.15, -0.1) is 0 Å². The summed E-state index contributed by atoms with van der Waals surface area (Å²) in [7, 11) is -0.249. The lowest BCUT2D eigenvalue weighted by Crippen LogP contribution is -2.46. The van der Waals surface area contributed by atoms with Crippen LogP contribution in [0.15, 0.2) is 60.7 Å². The minimum absolute atomic E-state index is 0.301. The number of hydrogen-bond acceptors (Lipinski definition) is 8. The van der Waals surface area contributed by atoms with Crippen molar-refractivity contribution < 1.29 is 27.4 Å². The summed E-state index contributed by atoms with van der Waals surface area (Å²) < 4.78 is 41.9. The fourth-order valence-corrected chi connectivity index (χ4v) is 5.13. The van der Waals surface area contributed by atoms with Gasteiger partial charge in [0.05, 0.1) is 32.6 Å². The highest BCUT2D eigenvalue weighted by Gasteiger charge is 2.22. The Labute approximate surface area is 230 Å². The molecule has 0 aromatic heterocycles. The molecule has 3 aromatic rings. The standard InChI is InChI=1S/C29H35N3O6S/c1-5-38-25-8-6-7-22(17-25)23-18-27(36-2)26(28(19-23)37-3)20-31-13-15-32(16-14-31)24-11-9-21(10-12-24)29(33)30-39(4,34)35/h6-12,17-19H,5,13-16,20H2,1-4H3,(H,30,33). The zero-order chi connectivity index (χ0) is 28.0. The molecule has 0 spiro atoms. The third-order valence-electron chi connectivity index (χ3n) is 6.61. The summed E-state index contributed by atoms with van der Waals surface area (Å²) in [4.78, 5) is 16.7. The molecule has 0 atom stereocenters. The minimum Gasteiger partial charge on any atom is -0.496 e. The molecule has 0 radical (unpaired) electrons. The Balaban J connectivity index is 1.43. The van der Waals surface area contributed by atoms with Crippen LogP contribution in [0.1, 0.15) is 22.8 Å². The van der Waals surface area contributed by atoms with E-state index in [0.717, 1.165) is 72.1 Å². The van der Waals surface area contributed by atoms with Crippen molar-refractivity contribution in [3.8, 4) is 28.4 Å². The molecule has 208 valence electrons. The van der Waals surface area contributed by atoms with Gasteiger partial charge in [0.15, 0.2) is 0 Å². The highest BCUT2D eigenvalue weighted by Crippen LogP contribution is 2.37. The van der Waals surface area contributed by atoms with E-state index in [2.05, 4.69) is 9.80 Å². The number of nitrogens with zero attached hydrogens (tertiary/aromatic N) is 2. The van der Waals surface area contributed by atoms with E-state index in [0.29, 0.717) is 18.7 Å². The lowest BCUT2D eigenvalue weighted by atomic mass is 10.0. The van der Waals surface area contributed by atoms with Gasteiger partial charge in [-0.2, -0.15) is 0 Å². The van der Waals surface area contributed by atoms with Gasteiger partial charge in [0.25, 0.3) is 5.91 Å². The first-order valence-electron chi connectivity index (χ1n) is 12.8. The molecule has 4 rings (SSSR count). The molecular formula is C29H35N3O6S. The van der Waals surface area contributed by atoms with Gasteiger partial charge < -0.3 is 19.1 Å². The Morgan fingerprint density at radius 1 is 0.897 bits per heavy atom. The van der Waals surface area contributed by atoms with Crippen LogP contribution < -0.4 is 23.8 Å². The van der Waals surface area contributed by atoms with Gasteiger partial charge in [0.1, 0.15) is 17.2 Å². The van der Waals surface area contributed by atoms with Gasteiger partial charge in [-0.05, 0) is 66.6 Å². The van der Waals surface area contributed by atoms with Crippen LogP contribution in [-0.4, -0.2) is 72.5 Å². The maximum absolute atomic E-state index is 12.1. The Kier molecular flexibility index (Phi) is 8.98. The lowest BCUT2D eigenvalue weighted by Gasteiger charge is -2.36. The maximum atomic E-state index is 12.1. The molecule has 1 aliphatic rings. The number of nitrogens with one attached hydrogen (secondary N) is 1. The molecule has 1 N–H and O–H groups in total. The number of piperazine rings is 1. The lowest BCUT2D eigenvalue weighted by molar-refractivity contribution is 0.0981. The van der Waals surface area contributed by atoms with Gasteiger partial charge in [-0.25, -0.2) is 13.1 Å². The molecule has 3 aromatic carbocycles. The zero-order valence-electron chi connectivity index (χ0n) is 22.8. The topological polar surface area (TPSA) is 97.4 Å². The largest absolute Gasteiger partial charge is 0.496 e. The first-order valence-corrected chi connectivity index (χ1v) is 14.7. The highest BCUT2D eigenvalue weighted by atomic mass is 32.2. The molecule has 0 unspecified atom stereocenters. The maximum Gasteiger partial charge on any atom is 0.264 e. The van der Waals surface area contributed by atoms with Crippen molar-refractivity contribution in [1.29, 1.82) is 0 Å². The van der Waals surface area contributed by atoms with Crippen LogP contribution >= 0.6 is 0 Å². The summed E-state index contributed by atoms with van der Waals surface area (Å²) in [5.74, 6) is 1.74. The number of hydrogen-bond donors (Lipinski definition) is 1. The molecule has 9 nitrogen and oxygen atoms in total. The van der Waals surface area contributed by atoms with E-state index in [-0.39, 0.29) is 0 Å². The van der Waals surface area contributed by atoms with E-state index in [1.54, 1.807) is 26.4 Å². The van der Waals surface area contributed by atoms with Crippen LogP contribution in [0.2, 0.25) is 0 Å². The molecule has 1 saturated heterocycles. The van der Waals surface area contributed by atoms with Crippen LogP contribution in [0, 0.1) is 0 Å². The van der Waals surface area contributed by atoms with Gasteiger partial charge in [-0.3, -0.25) is 9.69 Å². The monoisotopic (exact) mass is 553 g/mol. The first-order chi connectivity index (χ1) is 18.7. The summed E-state index contributed by atoms with van der Waals surface area (Å²) in [5, 5.41) is 0. The SMILES string of the molecule is CCOc1cccc(-c2cc(OC)c(CN3CCN(c4ccc(C(=O)NS(C)(=O)=O)cc4)CC3)c(OC)c2)c1. The molecule has 39 heavy (non-hydrogen) atoms. The van der Waals surface area contributed by atoms with Crippen LogP contribution in [0.4, 0.5) is 5.69 Å². The normalized spacial score (nSPS) is 14.1. The smallest absolute Gasteiger partial charge is 0.264 e. The van der Waals surface area contributed by atoms with Crippen LogP contribution in [-0.2, 0) is 16.6 Å². The van der Waals surface area contributed by atoms with E-state index in [4.69, 9.17) is 14.2 Å². The van der Waals surface area contributed by atoms with Gasteiger partial charge in [0, 0.05) is 44.0 Å². The van der Waals surface area contributed by atoms with Crippen molar-refractivity contribution in [1.82, 2.24) is 9.62 Å². The number of rotatable bonds is 10. The van der Waals surface area contributed by atoms with E-state index >= 15 is 0 Å². The number of methoxy groups -OCH3 is 2. The van der Waals surface area contributed by atoms with Crippen molar-refractivity contribution in [3.63, 3.8) is 0 Å². The quantitative estimate of drug-likeness (QED) is 0.405. The predicted octanol–water partition coefficient (Wildman–Crippen LogP) is 3.78. The highest BCUT2D eigenvalue weighted by molar-refractivity contribution is 7.89. The number of amides is 1. The Morgan fingerprint density at radius 3 is 2.10 bits per heavy atom. The number of anilines is 1. The average Bonchev–Trinajstić information content (AvgIpc) is 2.93. The summed E-state index contributed by atoms with van der Waals surface area (Å²) in [6, 6.07) is 19.0. The molecule has 10 heteroatoms. The van der Waals surface area contributed by atoms with Crippen molar-refractivity contribution in [2.24, 2.45) is 0 Å². The van der Waals surface area contributed by atoms with Crippen LogP contribution in [0.3, 0.4) is 0 Å². The molecule has 1 fully saturated rings. The number of ether oxygens (including phenoxy) is 3. The van der Waals surface area contributed by atoms with Gasteiger partial charge in [0.2, 0.25) is 10.0 Å². The van der Waals surface area contributed by atoms with E-state index in [1.165, 1.54) is 0 Å². The van der Waals surface area contributed by atoms with E-state index in [9.17, 15) is 13.2 Å². The Morgan fingerprint density at radius 2 is 1.54 bits per heavy atom. The average molecular weight is 554 g/mol. The number of carbonyl (C=O) groups is 1. The third-order valence-corrected chi connectivity index (χ3v) is 7.17. The second-order valence-electron chi connectivity index (χ2n) is 9.33. The van der Waals surface area contributed by atoms with Crippen molar-refractivity contribution >= 4 is 21.6 Å². The van der Waals surface area contributed by atoms with Crippen molar-refractivity contribution in [3.05, 3.63) is 71.8 Å². The first kappa shape index (κ1) is 28.3. The zero-order valence-corrected chi connectivity index (χ0v) is 23.6. The summed E-state index contributed by atoms with van der Waals surface area (Å²) in [5.41, 5.74) is 4.30. The number of carbonyl (C=O) groups excluding carboxylic acids is 1. The van der Waals surface area contributed by atoms with E-state index in [1.807, 2.05) is 60.2 Å². The van der Waals surface area contributed by atoms with Crippen LogP contribution in [0.25, 0.3) is 11.1 Å². The molecule has 0 bridgehead atoms. The summed E-state index contributed by atoms with van der Waals surface area (Å²) in [6.45, 7) is 6.54. The molecule has 1 aliphatic heterocycles. The van der Waals surface area contributed by atoms with Crippen molar-refractivity contribution in [2.45, 2.75) is 13.5 Å². The van der Waals surface area contributed by atoms with Gasteiger partial charge >= 0.3 is 0 Å². The van der Waals surface area contributed by atoms with E-state index < -0.39 is 15.9 Å². The second-order valence-corrected chi connectivity index (χ2v) is 11.1. The number of sulfonamides is 1. The van der Waals surface area contributed by atoms with Crippen LogP contribution in [0.5, 0.6) is 17.2 Å².